The third kappa shape index (κ3) is 3.53. The van der Waals surface area contributed by atoms with Crippen LogP contribution in [0.5, 0.6) is 0 Å². The molecule has 0 saturated heterocycles. The quantitative estimate of drug-likeness (QED) is 0.720. The number of carbonyl (C=O) groups is 1. The summed E-state index contributed by atoms with van der Waals surface area (Å²) < 4.78 is 2.04. The number of imidazole rings is 1. The number of benzene rings is 2. The predicted octanol–water partition coefficient (Wildman–Crippen LogP) is 3.95. The van der Waals surface area contributed by atoms with Crippen LogP contribution in [-0.2, 0) is 18.4 Å². The van der Waals surface area contributed by atoms with Gasteiger partial charge in [0.1, 0.15) is 5.82 Å². The number of hydrogen-bond donors (Lipinski definition) is 1. The van der Waals surface area contributed by atoms with Crippen molar-refractivity contribution in [2.75, 3.05) is 0 Å². The SMILES string of the molecule is C=C(C)C(=O)NCc1c(-c2ccccc2)nc(-c2ccccc2)n1C. The second-order valence-electron chi connectivity index (χ2n) is 5.98. The number of nitrogens with zero attached hydrogens (tertiary/aromatic N) is 2. The van der Waals surface area contributed by atoms with E-state index in [0.717, 1.165) is 28.3 Å². The Morgan fingerprint density at radius 2 is 1.60 bits per heavy atom. The molecule has 1 heterocycles. The van der Waals surface area contributed by atoms with Crippen LogP contribution in [0.4, 0.5) is 0 Å². The van der Waals surface area contributed by atoms with Crippen molar-refractivity contribution in [3.8, 4) is 22.6 Å². The maximum atomic E-state index is 11.9. The van der Waals surface area contributed by atoms with Gasteiger partial charge in [-0.1, -0.05) is 67.2 Å². The van der Waals surface area contributed by atoms with Crippen molar-refractivity contribution in [3.63, 3.8) is 0 Å². The number of amides is 1. The molecule has 3 rings (SSSR count). The van der Waals surface area contributed by atoms with Crippen LogP contribution in [0.2, 0.25) is 0 Å². The van der Waals surface area contributed by atoms with Gasteiger partial charge in [-0.15, -0.1) is 0 Å². The zero-order valence-corrected chi connectivity index (χ0v) is 14.5. The van der Waals surface area contributed by atoms with Crippen molar-refractivity contribution in [1.29, 1.82) is 0 Å². The molecule has 0 aliphatic heterocycles. The van der Waals surface area contributed by atoms with Gasteiger partial charge in [-0.05, 0) is 6.92 Å². The fraction of sp³-hybridized carbons (Fsp3) is 0.143. The molecule has 25 heavy (non-hydrogen) atoms. The van der Waals surface area contributed by atoms with Gasteiger partial charge in [-0.2, -0.15) is 0 Å². The van der Waals surface area contributed by atoms with E-state index in [2.05, 4.69) is 11.9 Å². The zero-order chi connectivity index (χ0) is 17.8. The molecule has 2 aromatic carbocycles. The molecule has 0 saturated carbocycles. The van der Waals surface area contributed by atoms with E-state index < -0.39 is 0 Å². The Bertz CT molecular complexity index is 896. The summed E-state index contributed by atoms with van der Waals surface area (Å²) >= 11 is 0. The van der Waals surface area contributed by atoms with Crippen molar-refractivity contribution < 1.29 is 4.79 Å². The lowest BCUT2D eigenvalue weighted by Gasteiger charge is -2.09. The third-order valence-corrected chi connectivity index (χ3v) is 4.10. The number of carbonyl (C=O) groups excluding carboxylic acids is 1. The minimum absolute atomic E-state index is 0.151. The summed E-state index contributed by atoms with van der Waals surface area (Å²) in [5, 5.41) is 2.91. The summed E-state index contributed by atoms with van der Waals surface area (Å²) in [6.07, 6.45) is 0. The van der Waals surface area contributed by atoms with Gasteiger partial charge in [0.05, 0.1) is 17.9 Å². The van der Waals surface area contributed by atoms with Crippen LogP contribution in [0.3, 0.4) is 0 Å². The van der Waals surface area contributed by atoms with Crippen molar-refractivity contribution >= 4 is 5.91 Å². The number of rotatable bonds is 5. The Labute approximate surface area is 147 Å². The Balaban J connectivity index is 2.06. The smallest absolute Gasteiger partial charge is 0.246 e. The molecule has 0 bridgehead atoms. The van der Waals surface area contributed by atoms with Crippen LogP contribution >= 0.6 is 0 Å². The van der Waals surface area contributed by atoms with Gasteiger partial charge in [-0.3, -0.25) is 4.79 Å². The highest BCUT2D eigenvalue weighted by atomic mass is 16.1. The van der Waals surface area contributed by atoms with E-state index in [4.69, 9.17) is 4.98 Å². The zero-order valence-electron chi connectivity index (χ0n) is 14.5. The van der Waals surface area contributed by atoms with Crippen LogP contribution < -0.4 is 5.32 Å². The Morgan fingerprint density at radius 1 is 1.04 bits per heavy atom. The number of hydrogen-bond acceptors (Lipinski definition) is 2. The molecule has 0 aliphatic rings. The van der Waals surface area contributed by atoms with Gasteiger partial charge in [0.25, 0.3) is 0 Å². The van der Waals surface area contributed by atoms with Gasteiger partial charge in [-0.25, -0.2) is 4.98 Å². The highest BCUT2D eigenvalue weighted by molar-refractivity contribution is 5.92. The third-order valence-electron chi connectivity index (χ3n) is 4.10. The van der Waals surface area contributed by atoms with E-state index >= 15 is 0 Å². The van der Waals surface area contributed by atoms with E-state index in [1.807, 2.05) is 72.3 Å². The summed E-state index contributed by atoms with van der Waals surface area (Å²) in [7, 11) is 1.98. The van der Waals surface area contributed by atoms with Crippen LogP contribution in [0, 0.1) is 0 Å². The fourth-order valence-corrected chi connectivity index (χ4v) is 2.72. The fourth-order valence-electron chi connectivity index (χ4n) is 2.72. The lowest BCUT2D eigenvalue weighted by atomic mass is 10.1. The minimum Gasteiger partial charge on any atom is -0.347 e. The molecule has 4 heteroatoms. The van der Waals surface area contributed by atoms with Crippen LogP contribution in [-0.4, -0.2) is 15.5 Å². The lowest BCUT2D eigenvalue weighted by Crippen LogP contribution is -2.24. The van der Waals surface area contributed by atoms with E-state index in [0.29, 0.717) is 12.1 Å². The van der Waals surface area contributed by atoms with Crippen LogP contribution in [0.15, 0.2) is 72.8 Å². The Kier molecular flexibility index (Phi) is 4.80. The van der Waals surface area contributed by atoms with Crippen molar-refractivity contribution in [2.45, 2.75) is 13.5 Å². The van der Waals surface area contributed by atoms with E-state index in [1.54, 1.807) is 6.92 Å². The normalized spacial score (nSPS) is 10.5. The average Bonchev–Trinajstić information content (AvgIpc) is 2.97. The summed E-state index contributed by atoms with van der Waals surface area (Å²) in [5.74, 6) is 0.723. The Hall–Kier alpha value is -3.14. The largest absolute Gasteiger partial charge is 0.347 e. The molecule has 1 amide bonds. The molecule has 3 aromatic rings. The van der Waals surface area contributed by atoms with Gasteiger partial charge in [0.2, 0.25) is 5.91 Å². The second kappa shape index (κ2) is 7.18. The highest BCUT2D eigenvalue weighted by Crippen LogP contribution is 2.28. The number of nitrogens with one attached hydrogen (secondary N) is 1. The molecule has 0 radical (unpaired) electrons. The first-order chi connectivity index (χ1) is 12.1. The summed E-state index contributed by atoms with van der Waals surface area (Å²) in [6.45, 7) is 5.78. The van der Waals surface area contributed by atoms with Crippen LogP contribution in [0.1, 0.15) is 12.6 Å². The van der Waals surface area contributed by atoms with Crippen molar-refractivity contribution in [1.82, 2.24) is 14.9 Å². The first-order valence-electron chi connectivity index (χ1n) is 8.18. The summed E-state index contributed by atoms with van der Waals surface area (Å²) in [4.78, 5) is 16.8. The average molecular weight is 331 g/mol. The minimum atomic E-state index is -0.151. The van der Waals surface area contributed by atoms with Crippen LogP contribution in [0.25, 0.3) is 22.6 Å². The molecule has 0 atom stereocenters. The van der Waals surface area contributed by atoms with Crippen molar-refractivity contribution in [2.24, 2.45) is 7.05 Å². The van der Waals surface area contributed by atoms with E-state index in [-0.39, 0.29) is 5.91 Å². The predicted molar refractivity (Wildman–Crippen MR) is 101 cm³/mol. The molecule has 0 unspecified atom stereocenters. The summed E-state index contributed by atoms with van der Waals surface area (Å²) in [6, 6.07) is 20.1. The molecule has 0 aliphatic carbocycles. The molecule has 1 N–H and O–H groups in total. The first-order valence-corrected chi connectivity index (χ1v) is 8.18. The van der Waals surface area contributed by atoms with Gasteiger partial charge >= 0.3 is 0 Å². The molecule has 4 nitrogen and oxygen atoms in total. The molecule has 126 valence electrons. The maximum absolute atomic E-state index is 11.9. The van der Waals surface area contributed by atoms with Gasteiger partial charge in [0.15, 0.2) is 0 Å². The molecular formula is C21H21N3O. The van der Waals surface area contributed by atoms with Gasteiger partial charge < -0.3 is 9.88 Å². The molecule has 1 aromatic heterocycles. The van der Waals surface area contributed by atoms with E-state index in [1.165, 1.54) is 0 Å². The monoisotopic (exact) mass is 331 g/mol. The second-order valence-corrected chi connectivity index (χ2v) is 5.98. The topological polar surface area (TPSA) is 46.9 Å². The lowest BCUT2D eigenvalue weighted by molar-refractivity contribution is -0.117. The number of aromatic nitrogens is 2. The highest BCUT2D eigenvalue weighted by Gasteiger charge is 2.17. The maximum Gasteiger partial charge on any atom is 0.246 e. The molecule has 0 fully saturated rings. The standard InChI is InChI=1S/C21H21N3O/c1-15(2)21(25)22-14-18-19(16-10-6-4-7-11-16)23-20(24(18)3)17-12-8-5-9-13-17/h4-13H,1,14H2,2-3H3,(H,22,25). The first kappa shape index (κ1) is 16.7. The molecular weight excluding hydrogens is 310 g/mol. The summed E-state index contributed by atoms with van der Waals surface area (Å²) in [5.41, 5.74) is 4.40. The van der Waals surface area contributed by atoms with Gasteiger partial charge in [0, 0.05) is 23.7 Å². The molecule has 0 spiro atoms. The van der Waals surface area contributed by atoms with Crippen molar-refractivity contribution in [3.05, 3.63) is 78.5 Å². The Morgan fingerprint density at radius 3 is 2.16 bits per heavy atom. The van der Waals surface area contributed by atoms with E-state index in [9.17, 15) is 4.79 Å².